The van der Waals surface area contributed by atoms with Crippen molar-refractivity contribution in [2.24, 2.45) is 0 Å². The van der Waals surface area contributed by atoms with Crippen molar-refractivity contribution in [3.8, 4) is 0 Å². The lowest BCUT2D eigenvalue weighted by Gasteiger charge is -2.14. The van der Waals surface area contributed by atoms with Crippen LogP contribution in [-0.2, 0) is 6.42 Å². The average molecular weight is 323 g/mol. The SMILES string of the molecule is O=C(NCCc1ccccc1)c1ccnc(C(=O)N2CCCC2)c1. The highest BCUT2D eigenvalue weighted by Crippen LogP contribution is 2.12. The third-order valence-electron chi connectivity index (χ3n) is 4.18. The number of carbonyl (C=O) groups is 2. The van der Waals surface area contributed by atoms with E-state index < -0.39 is 0 Å². The molecule has 2 aromatic rings. The minimum atomic E-state index is -0.177. The largest absolute Gasteiger partial charge is 0.352 e. The Morgan fingerprint density at radius 2 is 1.83 bits per heavy atom. The molecule has 3 rings (SSSR count). The predicted molar refractivity (Wildman–Crippen MR) is 91.9 cm³/mol. The van der Waals surface area contributed by atoms with Gasteiger partial charge in [-0.15, -0.1) is 0 Å². The van der Waals surface area contributed by atoms with Gasteiger partial charge in [0.2, 0.25) is 0 Å². The summed E-state index contributed by atoms with van der Waals surface area (Å²) in [6.07, 6.45) is 4.36. The van der Waals surface area contributed by atoms with Gasteiger partial charge in [0.1, 0.15) is 5.69 Å². The molecule has 0 aliphatic carbocycles. The molecule has 1 aliphatic rings. The summed E-state index contributed by atoms with van der Waals surface area (Å²) in [6.45, 7) is 2.10. The second-order valence-corrected chi connectivity index (χ2v) is 5.92. The van der Waals surface area contributed by atoms with Crippen LogP contribution in [0.15, 0.2) is 48.7 Å². The zero-order valence-corrected chi connectivity index (χ0v) is 13.6. The van der Waals surface area contributed by atoms with Crippen molar-refractivity contribution in [2.75, 3.05) is 19.6 Å². The maximum absolute atomic E-state index is 12.4. The minimum Gasteiger partial charge on any atom is -0.352 e. The zero-order valence-electron chi connectivity index (χ0n) is 13.6. The van der Waals surface area contributed by atoms with Crippen molar-refractivity contribution in [2.45, 2.75) is 19.3 Å². The molecule has 0 saturated carbocycles. The molecular formula is C19H21N3O2. The first kappa shape index (κ1) is 16.2. The fourth-order valence-electron chi connectivity index (χ4n) is 2.84. The molecule has 0 radical (unpaired) electrons. The highest BCUT2D eigenvalue weighted by molar-refractivity contribution is 5.98. The molecule has 24 heavy (non-hydrogen) atoms. The molecule has 2 amide bonds. The maximum Gasteiger partial charge on any atom is 0.272 e. The van der Waals surface area contributed by atoms with Gasteiger partial charge in [-0.2, -0.15) is 0 Å². The summed E-state index contributed by atoms with van der Waals surface area (Å²) in [5.74, 6) is -0.268. The van der Waals surface area contributed by atoms with E-state index in [0.717, 1.165) is 32.4 Å². The Balaban J connectivity index is 1.58. The van der Waals surface area contributed by atoms with Crippen molar-refractivity contribution in [3.05, 3.63) is 65.5 Å². The number of carbonyl (C=O) groups excluding carboxylic acids is 2. The number of rotatable bonds is 5. The van der Waals surface area contributed by atoms with E-state index in [2.05, 4.69) is 10.3 Å². The van der Waals surface area contributed by atoms with E-state index in [1.165, 1.54) is 11.8 Å². The number of nitrogens with zero attached hydrogens (tertiary/aromatic N) is 2. The summed E-state index contributed by atoms with van der Waals surface area (Å²) in [7, 11) is 0. The molecule has 1 N–H and O–H groups in total. The molecule has 0 spiro atoms. The van der Waals surface area contributed by atoms with Crippen LogP contribution in [0, 0.1) is 0 Å². The first-order valence-corrected chi connectivity index (χ1v) is 8.31. The number of hydrogen-bond donors (Lipinski definition) is 1. The highest BCUT2D eigenvalue weighted by atomic mass is 16.2. The molecule has 1 aromatic carbocycles. The van der Waals surface area contributed by atoms with Gasteiger partial charge in [0.05, 0.1) is 0 Å². The molecule has 1 saturated heterocycles. The van der Waals surface area contributed by atoms with E-state index in [0.29, 0.717) is 17.8 Å². The lowest BCUT2D eigenvalue weighted by molar-refractivity contribution is 0.0787. The third kappa shape index (κ3) is 3.98. The number of hydrogen-bond acceptors (Lipinski definition) is 3. The van der Waals surface area contributed by atoms with Crippen molar-refractivity contribution in [3.63, 3.8) is 0 Å². The Labute approximate surface area is 141 Å². The van der Waals surface area contributed by atoms with Crippen molar-refractivity contribution < 1.29 is 9.59 Å². The van der Waals surface area contributed by atoms with Crippen LogP contribution >= 0.6 is 0 Å². The van der Waals surface area contributed by atoms with Gasteiger partial charge in [-0.3, -0.25) is 14.6 Å². The molecule has 0 unspecified atom stereocenters. The molecule has 124 valence electrons. The van der Waals surface area contributed by atoms with Gasteiger partial charge in [0.25, 0.3) is 11.8 Å². The normalized spacial score (nSPS) is 13.8. The lowest BCUT2D eigenvalue weighted by Crippen LogP contribution is -2.29. The second-order valence-electron chi connectivity index (χ2n) is 5.92. The fourth-order valence-corrected chi connectivity index (χ4v) is 2.84. The quantitative estimate of drug-likeness (QED) is 0.918. The number of aromatic nitrogens is 1. The molecule has 1 aliphatic heterocycles. The van der Waals surface area contributed by atoms with Crippen LogP contribution in [0.1, 0.15) is 39.3 Å². The first-order valence-electron chi connectivity index (χ1n) is 8.31. The van der Waals surface area contributed by atoms with Gasteiger partial charge >= 0.3 is 0 Å². The van der Waals surface area contributed by atoms with E-state index in [9.17, 15) is 9.59 Å². The smallest absolute Gasteiger partial charge is 0.272 e. The molecule has 0 atom stereocenters. The third-order valence-corrected chi connectivity index (χ3v) is 4.18. The Bertz CT molecular complexity index is 710. The van der Waals surface area contributed by atoms with Crippen LogP contribution < -0.4 is 5.32 Å². The molecule has 1 fully saturated rings. The topological polar surface area (TPSA) is 62.3 Å². The summed E-state index contributed by atoms with van der Waals surface area (Å²) in [5, 5.41) is 2.89. The molecule has 5 heteroatoms. The monoisotopic (exact) mass is 323 g/mol. The van der Waals surface area contributed by atoms with Crippen molar-refractivity contribution in [1.82, 2.24) is 15.2 Å². The fraction of sp³-hybridized carbons (Fsp3) is 0.316. The summed E-state index contributed by atoms with van der Waals surface area (Å²) < 4.78 is 0. The summed E-state index contributed by atoms with van der Waals surface area (Å²) >= 11 is 0. The number of benzene rings is 1. The van der Waals surface area contributed by atoms with E-state index in [-0.39, 0.29) is 11.8 Å². The van der Waals surface area contributed by atoms with Crippen LogP contribution in [0.5, 0.6) is 0 Å². The molecule has 2 heterocycles. The summed E-state index contributed by atoms with van der Waals surface area (Å²) in [6, 6.07) is 13.2. The van der Waals surface area contributed by atoms with Gasteiger partial charge in [0.15, 0.2) is 0 Å². The first-order chi connectivity index (χ1) is 11.7. The number of nitrogens with one attached hydrogen (secondary N) is 1. The standard InChI is InChI=1S/C19H21N3O2/c23-18(21-10-8-15-6-2-1-3-7-15)16-9-11-20-17(14-16)19(24)22-12-4-5-13-22/h1-3,6-7,9,11,14H,4-5,8,10,12-13H2,(H,21,23). The van der Waals surface area contributed by atoms with Crippen LogP contribution in [0.25, 0.3) is 0 Å². The second kappa shape index (κ2) is 7.73. The van der Waals surface area contributed by atoms with E-state index >= 15 is 0 Å². The van der Waals surface area contributed by atoms with Gasteiger partial charge in [-0.05, 0) is 37.0 Å². The molecule has 1 aromatic heterocycles. The van der Waals surface area contributed by atoms with Crippen molar-refractivity contribution >= 4 is 11.8 Å². The number of likely N-dealkylation sites (tertiary alicyclic amines) is 1. The molecule has 0 bridgehead atoms. The Kier molecular flexibility index (Phi) is 5.21. The number of amides is 2. The Morgan fingerprint density at radius 1 is 1.08 bits per heavy atom. The van der Waals surface area contributed by atoms with Crippen LogP contribution in [0.3, 0.4) is 0 Å². The van der Waals surface area contributed by atoms with Crippen LogP contribution in [0.4, 0.5) is 0 Å². The predicted octanol–water partition coefficient (Wildman–Crippen LogP) is 2.29. The Morgan fingerprint density at radius 3 is 2.58 bits per heavy atom. The van der Waals surface area contributed by atoms with Crippen LogP contribution in [0.2, 0.25) is 0 Å². The maximum atomic E-state index is 12.4. The van der Waals surface area contributed by atoms with Crippen LogP contribution in [-0.4, -0.2) is 41.3 Å². The summed E-state index contributed by atoms with van der Waals surface area (Å²) in [4.78, 5) is 30.5. The van der Waals surface area contributed by atoms with Gasteiger partial charge in [0, 0.05) is 31.4 Å². The summed E-state index contributed by atoms with van der Waals surface area (Å²) in [5.41, 5.74) is 1.99. The van der Waals surface area contributed by atoms with Gasteiger partial charge < -0.3 is 10.2 Å². The zero-order chi connectivity index (χ0) is 16.8. The van der Waals surface area contributed by atoms with Gasteiger partial charge in [-0.1, -0.05) is 30.3 Å². The Hall–Kier alpha value is -2.69. The van der Waals surface area contributed by atoms with E-state index in [4.69, 9.17) is 0 Å². The van der Waals surface area contributed by atoms with Gasteiger partial charge in [-0.25, -0.2) is 0 Å². The highest BCUT2D eigenvalue weighted by Gasteiger charge is 2.21. The number of pyridine rings is 1. The molecular weight excluding hydrogens is 302 g/mol. The van der Waals surface area contributed by atoms with Crippen molar-refractivity contribution in [1.29, 1.82) is 0 Å². The minimum absolute atomic E-state index is 0.0913. The molecule has 5 nitrogen and oxygen atoms in total. The van der Waals surface area contributed by atoms with E-state index in [1.54, 1.807) is 17.0 Å². The van der Waals surface area contributed by atoms with E-state index in [1.807, 2.05) is 30.3 Å². The lowest BCUT2D eigenvalue weighted by atomic mass is 10.1. The average Bonchev–Trinajstić information content (AvgIpc) is 3.16.